The number of hydrogen-bond donors (Lipinski definition) is 0. The highest BCUT2D eigenvalue weighted by Crippen LogP contribution is 2.33. The summed E-state index contributed by atoms with van der Waals surface area (Å²) < 4.78 is 18.1. The summed E-state index contributed by atoms with van der Waals surface area (Å²) in [5.41, 5.74) is -0.292. The highest BCUT2D eigenvalue weighted by molar-refractivity contribution is 6.30. The van der Waals surface area contributed by atoms with Crippen molar-refractivity contribution in [1.29, 1.82) is 0 Å². The third kappa shape index (κ3) is 2.72. The first-order chi connectivity index (χ1) is 8.56. The highest BCUT2D eigenvalue weighted by atomic mass is 35.5. The van der Waals surface area contributed by atoms with Crippen LogP contribution in [0.15, 0.2) is 36.5 Å². The molecule has 1 aromatic carbocycles. The third-order valence-corrected chi connectivity index (χ3v) is 2.28. The number of ether oxygens (including phenoxy) is 1. The van der Waals surface area contributed by atoms with Crippen molar-refractivity contribution < 1.29 is 14.1 Å². The molecule has 0 aliphatic carbocycles. The zero-order valence-corrected chi connectivity index (χ0v) is 9.60. The van der Waals surface area contributed by atoms with Gasteiger partial charge in [-0.15, -0.1) is 0 Å². The number of rotatable bonds is 3. The molecule has 0 radical (unpaired) electrons. The van der Waals surface area contributed by atoms with E-state index in [9.17, 15) is 14.5 Å². The topological polar surface area (TPSA) is 65.3 Å². The number of aromatic nitrogens is 1. The molecule has 18 heavy (non-hydrogen) atoms. The molecule has 0 atom stereocenters. The summed E-state index contributed by atoms with van der Waals surface area (Å²) in [5.74, 6) is -0.632. The zero-order chi connectivity index (χ0) is 13.1. The molecule has 1 aromatic heterocycles. The van der Waals surface area contributed by atoms with Crippen LogP contribution < -0.4 is 4.74 Å². The van der Waals surface area contributed by atoms with Crippen molar-refractivity contribution in [3.63, 3.8) is 0 Å². The van der Waals surface area contributed by atoms with Gasteiger partial charge >= 0.3 is 5.69 Å². The van der Waals surface area contributed by atoms with Gasteiger partial charge in [-0.25, -0.2) is 4.98 Å². The van der Waals surface area contributed by atoms with Gasteiger partial charge in [0.05, 0.1) is 4.92 Å². The lowest BCUT2D eigenvalue weighted by atomic mass is 10.3. The number of pyridine rings is 1. The van der Waals surface area contributed by atoms with Crippen LogP contribution in [0.2, 0.25) is 5.02 Å². The summed E-state index contributed by atoms with van der Waals surface area (Å²) in [6.07, 6.45) is 1.20. The molecule has 1 heterocycles. The Morgan fingerprint density at radius 3 is 2.78 bits per heavy atom. The second-order valence-electron chi connectivity index (χ2n) is 3.29. The third-order valence-electron chi connectivity index (χ3n) is 2.04. The Bertz CT molecular complexity index is 607. The van der Waals surface area contributed by atoms with Crippen molar-refractivity contribution in [1.82, 2.24) is 4.98 Å². The summed E-state index contributed by atoms with van der Waals surface area (Å²) in [6.45, 7) is 0. The Kier molecular flexibility index (Phi) is 3.38. The van der Waals surface area contributed by atoms with Crippen LogP contribution in [0, 0.1) is 16.1 Å². The van der Waals surface area contributed by atoms with E-state index in [2.05, 4.69) is 4.98 Å². The number of hydrogen-bond acceptors (Lipinski definition) is 4. The lowest BCUT2D eigenvalue weighted by molar-refractivity contribution is -0.385. The maximum absolute atomic E-state index is 12.8. The van der Waals surface area contributed by atoms with Crippen molar-refractivity contribution in [2.75, 3.05) is 0 Å². The second kappa shape index (κ2) is 4.97. The van der Waals surface area contributed by atoms with Crippen LogP contribution in [-0.4, -0.2) is 9.91 Å². The minimum absolute atomic E-state index is 0.0185. The van der Waals surface area contributed by atoms with Crippen LogP contribution in [-0.2, 0) is 0 Å². The standard InChI is InChI=1S/C11H6ClFN2O3/c12-7-1-2-10(9(5-7)15(16)17)18-8-3-4-14-11(13)6-8/h1-6H. The Morgan fingerprint density at radius 1 is 1.33 bits per heavy atom. The van der Waals surface area contributed by atoms with Crippen LogP contribution in [0.3, 0.4) is 0 Å². The summed E-state index contributed by atoms with van der Waals surface area (Å²) in [7, 11) is 0. The number of nitro groups is 1. The second-order valence-corrected chi connectivity index (χ2v) is 3.72. The predicted molar refractivity (Wildman–Crippen MR) is 62.4 cm³/mol. The van der Waals surface area contributed by atoms with Crippen LogP contribution in [0.1, 0.15) is 0 Å². The van der Waals surface area contributed by atoms with Crippen molar-refractivity contribution in [2.45, 2.75) is 0 Å². The van der Waals surface area contributed by atoms with Gasteiger partial charge in [0, 0.05) is 23.4 Å². The van der Waals surface area contributed by atoms with Gasteiger partial charge in [0.15, 0.2) is 0 Å². The van der Waals surface area contributed by atoms with E-state index in [4.69, 9.17) is 16.3 Å². The number of halogens is 2. The Balaban J connectivity index is 2.37. The first kappa shape index (κ1) is 12.3. The number of nitrogens with zero attached hydrogens (tertiary/aromatic N) is 2. The average molecular weight is 269 g/mol. The minimum atomic E-state index is -0.732. The first-order valence-corrected chi connectivity index (χ1v) is 5.17. The molecule has 0 fully saturated rings. The Morgan fingerprint density at radius 2 is 2.11 bits per heavy atom. The van der Waals surface area contributed by atoms with Gasteiger partial charge in [0.1, 0.15) is 5.75 Å². The molecule has 5 nitrogen and oxygen atoms in total. The number of nitro benzene ring substituents is 1. The van der Waals surface area contributed by atoms with E-state index in [0.717, 1.165) is 12.1 Å². The molecule has 0 saturated heterocycles. The fourth-order valence-corrected chi connectivity index (χ4v) is 1.46. The van der Waals surface area contributed by atoms with E-state index < -0.39 is 10.9 Å². The summed E-state index contributed by atoms with van der Waals surface area (Å²) in [6, 6.07) is 6.37. The molecule has 0 spiro atoms. The van der Waals surface area contributed by atoms with Gasteiger partial charge in [-0.3, -0.25) is 10.1 Å². The molecule has 2 aromatic rings. The van der Waals surface area contributed by atoms with Crippen molar-refractivity contribution in [2.24, 2.45) is 0 Å². The lowest BCUT2D eigenvalue weighted by Crippen LogP contribution is -1.94. The Hall–Kier alpha value is -2.21. The summed E-state index contributed by atoms with van der Waals surface area (Å²) in [4.78, 5) is 13.5. The lowest BCUT2D eigenvalue weighted by Gasteiger charge is -2.06. The van der Waals surface area contributed by atoms with E-state index in [0.29, 0.717) is 0 Å². The summed E-state index contributed by atoms with van der Waals surface area (Å²) >= 11 is 5.66. The smallest absolute Gasteiger partial charge is 0.313 e. The highest BCUT2D eigenvalue weighted by Gasteiger charge is 2.16. The van der Waals surface area contributed by atoms with E-state index >= 15 is 0 Å². The van der Waals surface area contributed by atoms with E-state index in [1.807, 2.05) is 0 Å². The molecule has 0 unspecified atom stereocenters. The van der Waals surface area contributed by atoms with Crippen molar-refractivity contribution in [3.05, 3.63) is 57.6 Å². The fraction of sp³-hybridized carbons (Fsp3) is 0. The maximum Gasteiger partial charge on any atom is 0.313 e. The van der Waals surface area contributed by atoms with Crippen LogP contribution >= 0.6 is 11.6 Å². The molecule has 0 aliphatic heterocycles. The number of benzene rings is 1. The normalized spacial score (nSPS) is 10.1. The fourth-order valence-electron chi connectivity index (χ4n) is 1.29. The SMILES string of the molecule is O=[N+]([O-])c1cc(Cl)ccc1Oc1ccnc(F)c1. The van der Waals surface area contributed by atoms with Gasteiger partial charge in [0.25, 0.3) is 0 Å². The van der Waals surface area contributed by atoms with Gasteiger partial charge < -0.3 is 4.74 Å². The van der Waals surface area contributed by atoms with E-state index in [-0.39, 0.29) is 22.2 Å². The molecule has 2 rings (SSSR count). The molecule has 92 valence electrons. The molecular formula is C11H6ClFN2O3. The van der Waals surface area contributed by atoms with E-state index in [1.54, 1.807) is 0 Å². The van der Waals surface area contributed by atoms with Gasteiger partial charge in [-0.2, -0.15) is 4.39 Å². The molecule has 7 heteroatoms. The van der Waals surface area contributed by atoms with Crippen molar-refractivity contribution >= 4 is 17.3 Å². The molecule has 0 bridgehead atoms. The monoisotopic (exact) mass is 268 g/mol. The first-order valence-electron chi connectivity index (χ1n) is 4.79. The van der Waals surface area contributed by atoms with Crippen LogP contribution in [0.5, 0.6) is 11.5 Å². The van der Waals surface area contributed by atoms with Crippen molar-refractivity contribution in [3.8, 4) is 11.5 Å². The van der Waals surface area contributed by atoms with Crippen LogP contribution in [0.25, 0.3) is 0 Å². The maximum atomic E-state index is 12.8. The van der Waals surface area contributed by atoms with Gasteiger partial charge in [-0.05, 0) is 18.2 Å². The van der Waals surface area contributed by atoms with Gasteiger partial charge in [0.2, 0.25) is 11.7 Å². The summed E-state index contributed by atoms with van der Waals surface area (Å²) in [5, 5.41) is 11.0. The largest absolute Gasteiger partial charge is 0.450 e. The minimum Gasteiger partial charge on any atom is -0.450 e. The quantitative estimate of drug-likeness (QED) is 0.485. The molecular weight excluding hydrogens is 263 g/mol. The molecule has 0 N–H and O–H groups in total. The molecule has 0 aliphatic rings. The average Bonchev–Trinajstić information content (AvgIpc) is 2.31. The van der Waals surface area contributed by atoms with Gasteiger partial charge in [-0.1, -0.05) is 11.6 Å². The van der Waals surface area contributed by atoms with E-state index in [1.165, 1.54) is 24.4 Å². The van der Waals surface area contributed by atoms with Crippen LogP contribution in [0.4, 0.5) is 10.1 Å². The Labute approximate surface area is 106 Å². The molecule has 0 amide bonds. The zero-order valence-electron chi connectivity index (χ0n) is 8.84. The molecule has 0 saturated carbocycles. The predicted octanol–water partition coefficient (Wildman–Crippen LogP) is 3.57.